The molecule has 1 rings (SSSR count). The summed E-state index contributed by atoms with van der Waals surface area (Å²) in [6.45, 7) is 7.40. The summed E-state index contributed by atoms with van der Waals surface area (Å²) in [5.74, 6) is 0.977. The van der Waals surface area contributed by atoms with Crippen molar-refractivity contribution in [3.8, 4) is 6.01 Å². The number of aliphatic hydroxyl groups is 1. The quantitative estimate of drug-likeness (QED) is 0.725. The van der Waals surface area contributed by atoms with E-state index >= 15 is 0 Å². The SMILES string of the molecule is CCCNc1nc(OCC)nc(N(C)CC(C)O)n1. The Morgan fingerprint density at radius 2 is 2.05 bits per heavy atom. The van der Waals surface area contributed by atoms with Gasteiger partial charge in [-0.05, 0) is 20.3 Å². The van der Waals surface area contributed by atoms with Gasteiger partial charge in [-0.3, -0.25) is 0 Å². The van der Waals surface area contributed by atoms with E-state index < -0.39 is 6.10 Å². The Hall–Kier alpha value is -1.63. The molecule has 0 saturated heterocycles. The van der Waals surface area contributed by atoms with Crippen LogP contribution in [-0.4, -0.2) is 52.9 Å². The molecule has 0 aliphatic rings. The van der Waals surface area contributed by atoms with Gasteiger partial charge >= 0.3 is 6.01 Å². The summed E-state index contributed by atoms with van der Waals surface area (Å²) in [5, 5.41) is 12.5. The van der Waals surface area contributed by atoms with Crippen LogP contribution in [0.5, 0.6) is 6.01 Å². The third kappa shape index (κ3) is 5.25. The van der Waals surface area contributed by atoms with Crippen LogP contribution in [-0.2, 0) is 0 Å². The third-order valence-corrected chi connectivity index (χ3v) is 2.29. The normalized spacial score (nSPS) is 12.1. The summed E-state index contributed by atoms with van der Waals surface area (Å²) in [7, 11) is 1.82. The highest BCUT2D eigenvalue weighted by Gasteiger charge is 2.12. The number of aromatic nitrogens is 3. The number of ether oxygens (including phenoxy) is 1. The fourth-order valence-electron chi connectivity index (χ4n) is 1.50. The summed E-state index contributed by atoms with van der Waals surface area (Å²) in [4.78, 5) is 14.5. The molecular weight excluding hydrogens is 246 g/mol. The van der Waals surface area contributed by atoms with Crippen LogP contribution in [0.1, 0.15) is 27.2 Å². The van der Waals surface area contributed by atoms with Gasteiger partial charge in [0, 0.05) is 20.1 Å². The first-order valence-corrected chi connectivity index (χ1v) is 6.58. The molecule has 7 nitrogen and oxygen atoms in total. The van der Waals surface area contributed by atoms with Crippen molar-refractivity contribution in [2.75, 3.05) is 37.0 Å². The molecule has 2 N–H and O–H groups in total. The maximum Gasteiger partial charge on any atom is 0.323 e. The fraction of sp³-hybridized carbons (Fsp3) is 0.750. The van der Waals surface area contributed by atoms with Crippen molar-refractivity contribution in [3.05, 3.63) is 0 Å². The Labute approximate surface area is 114 Å². The van der Waals surface area contributed by atoms with Crippen molar-refractivity contribution in [1.29, 1.82) is 0 Å². The minimum atomic E-state index is -0.454. The van der Waals surface area contributed by atoms with Gasteiger partial charge in [0.05, 0.1) is 12.7 Å². The molecule has 0 bridgehead atoms. The molecule has 108 valence electrons. The number of hydrogen-bond acceptors (Lipinski definition) is 7. The lowest BCUT2D eigenvalue weighted by Gasteiger charge is -2.19. The molecular formula is C12H23N5O2. The van der Waals surface area contributed by atoms with E-state index in [1.54, 1.807) is 11.8 Å². The second kappa shape index (κ2) is 7.73. The van der Waals surface area contributed by atoms with E-state index in [1.807, 2.05) is 14.0 Å². The molecule has 0 aromatic carbocycles. The molecule has 0 fully saturated rings. The lowest BCUT2D eigenvalue weighted by atomic mass is 10.4. The van der Waals surface area contributed by atoms with Crippen molar-refractivity contribution >= 4 is 11.9 Å². The van der Waals surface area contributed by atoms with E-state index in [0.717, 1.165) is 13.0 Å². The summed E-state index contributed by atoms with van der Waals surface area (Å²) in [5.41, 5.74) is 0. The topological polar surface area (TPSA) is 83.4 Å². The zero-order chi connectivity index (χ0) is 14.3. The van der Waals surface area contributed by atoms with Crippen LogP contribution in [0.4, 0.5) is 11.9 Å². The van der Waals surface area contributed by atoms with Crippen LogP contribution in [0.3, 0.4) is 0 Å². The predicted octanol–water partition coefficient (Wildman–Crippen LogP) is 0.909. The van der Waals surface area contributed by atoms with E-state index in [4.69, 9.17) is 4.74 Å². The largest absolute Gasteiger partial charge is 0.464 e. The molecule has 1 heterocycles. The lowest BCUT2D eigenvalue weighted by molar-refractivity contribution is 0.201. The Balaban J connectivity index is 2.91. The molecule has 1 aromatic rings. The van der Waals surface area contributed by atoms with Crippen LogP contribution in [0.15, 0.2) is 0 Å². The summed E-state index contributed by atoms with van der Waals surface area (Å²) in [6, 6.07) is 0.295. The van der Waals surface area contributed by atoms with Gasteiger partial charge < -0.3 is 20.1 Å². The van der Waals surface area contributed by atoms with Gasteiger partial charge in [0.1, 0.15) is 0 Å². The van der Waals surface area contributed by atoms with Gasteiger partial charge in [-0.15, -0.1) is 0 Å². The van der Waals surface area contributed by atoms with Gasteiger partial charge in [-0.2, -0.15) is 15.0 Å². The van der Waals surface area contributed by atoms with Crippen molar-refractivity contribution in [3.63, 3.8) is 0 Å². The Morgan fingerprint density at radius 1 is 1.32 bits per heavy atom. The Morgan fingerprint density at radius 3 is 2.63 bits per heavy atom. The van der Waals surface area contributed by atoms with Gasteiger partial charge in [-0.1, -0.05) is 6.92 Å². The molecule has 1 aromatic heterocycles. The highest BCUT2D eigenvalue weighted by atomic mass is 16.5. The maximum atomic E-state index is 9.41. The fourth-order valence-corrected chi connectivity index (χ4v) is 1.50. The van der Waals surface area contributed by atoms with E-state index in [-0.39, 0.29) is 0 Å². The number of anilines is 2. The second-order valence-corrected chi connectivity index (χ2v) is 4.33. The first kappa shape index (κ1) is 15.4. The minimum absolute atomic E-state index is 0.295. The zero-order valence-electron chi connectivity index (χ0n) is 12.1. The molecule has 0 amide bonds. The molecule has 0 spiro atoms. The van der Waals surface area contributed by atoms with Crippen LogP contribution in [0, 0.1) is 0 Å². The molecule has 7 heteroatoms. The van der Waals surface area contributed by atoms with Gasteiger partial charge in [-0.25, -0.2) is 0 Å². The average Bonchev–Trinajstić information content (AvgIpc) is 2.35. The molecule has 1 atom stereocenters. The van der Waals surface area contributed by atoms with E-state index in [1.165, 1.54) is 0 Å². The highest BCUT2D eigenvalue weighted by Crippen LogP contribution is 2.14. The van der Waals surface area contributed by atoms with E-state index in [2.05, 4.69) is 27.2 Å². The first-order chi connectivity index (χ1) is 9.06. The second-order valence-electron chi connectivity index (χ2n) is 4.33. The number of likely N-dealkylation sites (N-methyl/N-ethyl adjacent to an activating group) is 1. The predicted molar refractivity (Wildman–Crippen MR) is 74.7 cm³/mol. The molecule has 0 aliphatic carbocycles. The van der Waals surface area contributed by atoms with Gasteiger partial charge in [0.25, 0.3) is 0 Å². The van der Waals surface area contributed by atoms with Crippen molar-refractivity contribution in [2.45, 2.75) is 33.3 Å². The first-order valence-electron chi connectivity index (χ1n) is 6.58. The van der Waals surface area contributed by atoms with Crippen LogP contribution in [0.2, 0.25) is 0 Å². The molecule has 1 unspecified atom stereocenters. The average molecular weight is 269 g/mol. The zero-order valence-corrected chi connectivity index (χ0v) is 12.1. The van der Waals surface area contributed by atoms with Gasteiger partial charge in [0.2, 0.25) is 11.9 Å². The number of rotatable bonds is 8. The van der Waals surface area contributed by atoms with Crippen molar-refractivity contribution < 1.29 is 9.84 Å². The molecule has 19 heavy (non-hydrogen) atoms. The van der Waals surface area contributed by atoms with Crippen molar-refractivity contribution in [2.24, 2.45) is 0 Å². The van der Waals surface area contributed by atoms with Crippen molar-refractivity contribution in [1.82, 2.24) is 15.0 Å². The summed E-state index contributed by atoms with van der Waals surface area (Å²) in [6.07, 6.45) is 0.526. The maximum absolute atomic E-state index is 9.41. The number of nitrogens with one attached hydrogen (secondary N) is 1. The van der Waals surface area contributed by atoms with Gasteiger partial charge in [0.15, 0.2) is 0 Å². The van der Waals surface area contributed by atoms with Crippen LogP contribution in [0.25, 0.3) is 0 Å². The number of aliphatic hydroxyl groups excluding tert-OH is 1. The number of nitrogens with zero attached hydrogens (tertiary/aromatic N) is 4. The minimum Gasteiger partial charge on any atom is -0.464 e. The Kier molecular flexibility index (Phi) is 6.27. The highest BCUT2D eigenvalue weighted by molar-refractivity contribution is 5.37. The van der Waals surface area contributed by atoms with Crippen LogP contribution >= 0.6 is 0 Å². The standard InChI is InChI=1S/C12H23N5O2/c1-5-7-13-10-14-11(17(4)8-9(3)18)16-12(15-10)19-6-2/h9,18H,5-8H2,1-4H3,(H,13,14,15,16). The smallest absolute Gasteiger partial charge is 0.323 e. The molecule has 0 radical (unpaired) electrons. The molecule has 0 saturated carbocycles. The summed E-state index contributed by atoms with van der Waals surface area (Å²) >= 11 is 0. The lowest BCUT2D eigenvalue weighted by Crippen LogP contribution is -2.29. The third-order valence-electron chi connectivity index (χ3n) is 2.29. The van der Waals surface area contributed by atoms with E-state index in [0.29, 0.717) is 31.1 Å². The monoisotopic (exact) mass is 269 g/mol. The van der Waals surface area contributed by atoms with E-state index in [9.17, 15) is 5.11 Å². The van der Waals surface area contributed by atoms with Crippen LogP contribution < -0.4 is 15.0 Å². The Bertz CT molecular complexity index is 386. The summed E-state index contributed by atoms with van der Waals surface area (Å²) < 4.78 is 5.33. The number of hydrogen-bond donors (Lipinski definition) is 2. The molecule has 0 aliphatic heterocycles.